The van der Waals surface area contributed by atoms with E-state index in [0.29, 0.717) is 18.6 Å². The summed E-state index contributed by atoms with van der Waals surface area (Å²) in [7, 11) is 1.67. The zero-order valence-electron chi connectivity index (χ0n) is 21.0. The molecule has 3 aromatic rings. The van der Waals surface area contributed by atoms with Gasteiger partial charge in [0.2, 0.25) is 5.91 Å². The van der Waals surface area contributed by atoms with Crippen LogP contribution in [-0.4, -0.2) is 37.1 Å². The number of hydrogen-bond donors (Lipinski definition) is 0. The zero-order chi connectivity index (χ0) is 24.4. The third-order valence-electron chi connectivity index (χ3n) is 7.67. The molecule has 2 aromatic carbocycles. The highest BCUT2D eigenvalue weighted by Crippen LogP contribution is 2.39. The van der Waals surface area contributed by atoms with E-state index in [-0.39, 0.29) is 5.91 Å². The molecule has 1 aliphatic heterocycles. The number of rotatable bonds is 6. The lowest BCUT2D eigenvalue weighted by Crippen LogP contribution is -2.49. The van der Waals surface area contributed by atoms with E-state index in [4.69, 9.17) is 13.9 Å². The minimum absolute atomic E-state index is 0.129. The first-order valence-corrected chi connectivity index (χ1v) is 12.9. The third-order valence-corrected chi connectivity index (χ3v) is 7.67. The second-order valence-corrected chi connectivity index (χ2v) is 9.77. The van der Waals surface area contributed by atoms with Crippen LogP contribution in [0, 0.1) is 5.92 Å². The van der Waals surface area contributed by atoms with Gasteiger partial charge in [-0.15, -0.1) is 0 Å². The molecule has 1 aliphatic carbocycles. The van der Waals surface area contributed by atoms with E-state index in [1.807, 2.05) is 50.3 Å². The van der Waals surface area contributed by atoms with Crippen LogP contribution in [-0.2, 0) is 4.79 Å². The number of hydrogen-bond acceptors (Lipinski definition) is 4. The highest BCUT2D eigenvalue weighted by atomic mass is 16.5. The third kappa shape index (κ3) is 4.69. The summed E-state index contributed by atoms with van der Waals surface area (Å²) in [6.07, 6.45) is 10.9. The van der Waals surface area contributed by atoms with Crippen LogP contribution in [0.5, 0.6) is 11.5 Å². The molecule has 1 saturated heterocycles. The minimum Gasteiger partial charge on any atom is -0.497 e. The molecule has 35 heavy (non-hydrogen) atoms. The van der Waals surface area contributed by atoms with E-state index in [9.17, 15) is 4.79 Å². The van der Waals surface area contributed by atoms with Crippen LogP contribution < -0.4 is 9.47 Å². The summed E-state index contributed by atoms with van der Waals surface area (Å²) in [5, 5.41) is 0.999. The molecule has 2 aliphatic rings. The van der Waals surface area contributed by atoms with E-state index >= 15 is 0 Å². The molecule has 184 valence electrons. The van der Waals surface area contributed by atoms with Gasteiger partial charge in [-0.1, -0.05) is 25.0 Å². The highest BCUT2D eigenvalue weighted by Gasteiger charge is 2.35. The maximum absolute atomic E-state index is 13.4. The number of carbonyl (C=O) groups is 1. The number of amides is 1. The predicted molar refractivity (Wildman–Crippen MR) is 140 cm³/mol. The molecule has 5 heteroatoms. The molecule has 5 rings (SSSR count). The molecular weight excluding hydrogens is 438 g/mol. The van der Waals surface area contributed by atoms with Crippen LogP contribution in [0.3, 0.4) is 0 Å². The van der Waals surface area contributed by atoms with Crippen molar-refractivity contribution in [2.75, 3.05) is 20.3 Å². The normalized spacial score (nSPS) is 20.5. The van der Waals surface area contributed by atoms with Gasteiger partial charge in [0.1, 0.15) is 17.1 Å². The molecule has 0 N–H and O–H groups in total. The van der Waals surface area contributed by atoms with Crippen LogP contribution in [0.25, 0.3) is 27.7 Å². The first kappa shape index (κ1) is 23.5. The van der Waals surface area contributed by atoms with E-state index in [1.54, 1.807) is 13.4 Å². The summed E-state index contributed by atoms with van der Waals surface area (Å²) in [4.78, 5) is 15.6. The van der Waals surface area contributed by atoms with E-state index in [0.717, 1.165) is 64.1 Å². The fourth-order valence-electron chi connectivity index (χ4n) is 5.88. The fourth-order valence-corrected chi connectivity index (χ4v) is 5.88. The van der Waals surface area contributed by atoms with Crippen molar-refractivity contribution in [3.8, 4) is 22.6 Å². The summed E-state index contributed by atoms with van der Waals surface area (Å²) in [5.74, 6) is 2.36. The quantitative estimate of drug-likeness (QED) is 0.359. The summed E-state index contributed by atoms with van der Waals surface area (Å²) >= 11 is 0. The maximum Gasteiger partial charge on any atom is 0.247 e. The average Bonchev–Trinajstić information content (AvgIpc) is 3.31. The number of nitrogens with zero attached hydrogens (tertiary/aromatic N) is 1. The van der Waals surface area contributed by atoms with Crippen LogP contribution in [0.4, 0.5) is 0 Å². The van der Waals surface area contributed by atoms with Gasteiger partial charge in [0.05, 0.1) is 20.0 Å². The summed E-state index contributed by atoms with van der Waals surface area (Å²) in [6.45, 7) is 5.39. The Balaban J connectivity index is 1.50. The van der Waals surface area contributed by atoms with Gasteiger partial charge in [0.15, 0.2) is 0 Å². The maximum atomic E-state index is 13.4. The van der Waals surface area contributed by atoms with Gasteiger partial charge in [-0.2, -0.15) is 0 Å². The Hall–Kier alpha value is -3.21. The highest BCUT2D eigenvalue weighted by molar-refractivity contribution is 6.00. The van der Waals surface area contributed by atoms with E-state index in [1.165, 1.54) is 25.7 Å². The van der Waals surface area contributed by atoms with Crippen molar-refractivity contribution in [3.63, 3.8) is 0 Å². The Morgan fingerprint density at radius 1 is 1.11 bits per heavy atom. The molecule has 0 spiro atoms. The Labute approximate surface area is 207 Å². The lowest BCUT2D eigenvalue weighted by molar-refractivity contribution is -0.132. The van der Waals surface area contributed by atoms with Crippen molar-refractivity contribution in [1.82, 2.24) is 4.90 Å². The Morgan fingerprint density at radius 3 is 2.66 bits per heavy atom. The Morgan fingerprint density at radius 2 is 1.89 bits per heavy atom. The molecule has 2 heterocycles. The monoisotopic (exact) mass is 473 g/mol. The van der Waals surface area contributed by atoms with Gasteiger partial charge in [0.25, 0.3) is 0 Å². The van der Waals surface area contributed by atoms with Gasteiger partial charge in [0, 0.05) is 41.2 Å². The molecule has 2 unspecified atom stereocenters. The van der Waals surface area contributed by atoms with E-state index < -0.39 is 0 Å². The van der Waals surface area contributed by atoms with Gasteiger partial charge in [-0.25, -0.2) is 0 Å². The molecule has 2 fully saturated rings. The number of likely N-dealkylation sites (tertiary alicyclic amines) is 1. The topological polar surface area (TPSA) is 51.9 Å². The number of methoxy groups -OCH3 is 1. The van der Waals surface area contributed by atoms with Gasteiger partial charge < -0.3 is 18.8 Å². The van der Waals surface area contributed by atoms with Crippen LogP contribution in [0.15, 0.2) is 53.2 Å². The minimum atomic E-state index is 0.129. The SMILES string of the molecule is CCOc1cc2occ(-c3ccc(OC)cc3)c2cc1/C(C)=C/C(=O)N1CCCC2CCCCC21. The van der Waals surface area contributed by atoms with Crippen molar-refractivity contribution < 1.29 is 18.7 Å². The van der Waals surface area contributed by atoms with Crippen LogP contribution >= 0.6 is 0 Å². The first-order chi connectivity index (χ1) is 17.1. The van der Waals surface area contributed by atoms with Crippen LogP contribution in [0.2, 0.25) is 0 Å². The molecule has 1 aromatic heterocycles. The lowest BCUT2D eigenvalue weighted by Gasteiger charge is -2.43. The molecule has 2 atom stereocenters. The summed E-state index contributed by atoms with van der Waals surface area (Å²) in [5.41, 5.74) is 4.67. The van der Waals surface area contributed by atoms with Gasteiger partial charge in [-0.05, 0) is 74.8 Å². The molecule has 0 radical (unpaired) electrons. The predicted octanol–water partition coefficient (Wildman–Crippen LogP) is 7.09. The number of fused-ring (bicyclic) bond motifs is 2. The molecular formula is C30H35NO4. The second kappa shape index (κ2) is 10.2. The molecule has 1 saturated carbocycles. The van der Waals surface area contributed by atoms with Crippen molar-refractivity contribution in [2.24, 2.45) is 5.92 Å². The smallest absolute Gasteiger partial charge is 0.247 e. The number of ether oxygens (including phenoxy) is 2. The van der Waals surface area contributed by atoms with Gasteiger partial charge in [-0.3, -0.25) is 4.79 Å². The Kier molecular flexibility index (Phi) is 6.85. The van der Waals surface area contributed by atoms with Crippen molar-refractivity contribution >= 4 is 22.4 Å². The molecule has 5 nitrogen and oxygen atoms in total. The average molecular weight is 474 g/mol. The number of benzene rings is 2. The number of piperidine rings is 1. The second-order valence-electron chi connectivity index (χ2n) is 9.77. The summed E-state index contributed by atoms with van der Waals surface area (Å²) < 4.78 is 17.2. The lowest BCUT2D eigenvalue weighted by atomic mass is 9.78. The number of allylic oxidation sites excluding steroid dienone is 1. The molecule has 0 bridgehead atoms. The van der Waals surface area contributed by atoms with E-state index in [2.05, 4.69) is 11.0 Å². The van der Waals surface area contributed by atoms with Gasteiger partial charge >= 0.3 is 0 Å². The van der Waals surface area contributed by atoms with Crippen molar-refractivity contribution in [2.45, 2.75) is 58.4 Å². The van der Waals surface area contributed by atoms with Crippen LogP contribution in [0.1, 0.15) is 57.9 Å². The summed E-state index contributed by atoms with van der Waals surface area (Å²) in [6, 6.07) is 12.4. The largest absolute Gasteiger partial charge is 0.497 e. The standard InChI is InChI=1S/C30H35NO4/c1-4-34-28-18-29-25(26(19-35-29)21-11-13-23(33-3)14-12-21)17-24(28)20(2)16-30(32)31-15-7-9-22-8-5-6-10-27(22)31/h11-14,16-19,22,27H,4-10,15H2,1-3H3/b20-16+. The Bertz CT molecular complexity index is 1220. The molecule has 1 amide bonds. The zero-order valence-corrected chi connectivity index (χ0v) is 21.0. The first-order valence-electron chi connectivity index (χ1n) is 12.9. The number of furan rings is 1. The fraction of sp³-hybridized carbons (Fsp3) is 0.433. The van der Waals surface area contributed by atoms with Crippen molar-refractivity contribution in [3.05, 3.63) is 54.3 Å². The van der Waals surface area contributed by atoms with Crippen molar-refractivity contribution in [1.29, 1.82) is 0 Å². The number of carbonyl (C=O) groups excluding carboxylic acids is 1.